The number of alkyl halides is 3. The van der Waals surface area contributed by atoms with E-state index in [9.17, 15) is 17.6 Å². The van der Waals surface area contributed by atoms with Crippen molar-refractivity contribution in [1.82, 2.24) is 5.32 Å². The Labute approximate surface area is 105 Å². The highest BCUT2D eigenvalue weighted by atomic mass is 79.9. The van der Waals surface area contributed by atoms with Gasteiger partial charge in [0.05, 0.1) is 6.42 Å². The largest absolute Gasteiger partial charge is 0.390 e. The van der Waals surface area contributed by atoms with Crippen LogP contribution < -0.4 is 5.32 Å². The fourth-order valence-corrected chi connectivity index (χ4v) is 1.94. The molecule has 0 saturated heterocycles. The van der Waals surface area contributed by atoms with Gasteiger partial charge in [0.25, 0.3) is 0 Å². The molecule has 0 saturated carbocycles. The lowest BCUT2D eigenvalue weighted by Crippen LogP contribution is -2.30. The third kappa shape index (κ3) is 6.02. The van der Waals surface area contributed by atoms with Crippen molar-refractivity contribution >= 4 is 15.9 Å². The van der Waals surface area contributed by atoms with E-state index in [2.05, 4.69) is 21.2 Å². The number of nitrogens with one attached hydrogen (secondary N) is 1. The van der Waals surface area contributed by atoms with Gasteiger partial charge < -0.3 is 5.32 Å². The molecule has 0 aliphatic carbocycles. The van der Waals surface area contributed by atoms with E-state index in [0.717, 1.165) is 0 Å². The van der Waals surface area contributed by atoms with Crippen LogP contribution in [0.3, 0.4) is 0 Å². The smallest absolute Gasteiger partial charge is 0.310 e. The maximum atomic E-state index is 13.0. The summed E-state index contributed by atoms with van der Waals surface area (Å²) in [6.07, 6.45) is -5.08. The number of hydrogen-bond donors (Lipinski definition) is 1. The molecular formula is C11H12BrF4N. The third-order valence-electron chi connectivity index (χ3n) is 2.11. The Balaban J connectivity index is 2.50. The molecular weight excluding hydrogens is 302 g/mol. The van der Waals surface area contributed by atoms with Gasteiger partial charge in [0.15, 0.2) is 0 Å². The highest BCUT2D eigenvalue weighted by Crippen LogP contribution is 2.21. The molecule has 0 radical (unpaired) electrons. The molecule has 1 unspecified atom stereocenters. The number of rotatable bonds is 4. The summed E-state index contributed by atoms with van der Waals surface area (Å²) >= 11 is 3.12. The van der Waals surface area contributed by atoms with Crippen LogP contribution in [0.25, 0.3) is 0 Å². The topological polar surface area (TPSA) is 12.0 Å². The van der Waals surface area contributed by atoms with Gasteiger partial charge in [-0.1, -0.05) is 15.9 Å². The lowest BCUT2D eigenvalue weighted by Gasteiger charge is -2.15. The summed E-state index contributed by atoms with van der Waals surface area (Å²) in [6, 6.07) is 3.55. The second-order valence-corrected chi connectivity index (χ2v) is 4.79. The summed E-state index contributed by atoms with van der Waals surface area (Å²) in [5.74, 6) is -0.417. The minimum absolute atomic E-state index is 0.202. The average Bonchev–Trinajstić information content (AvgIpc) is 2.10. The van der Waals surface area contributed by atoms with Gasteiger partial charge in [-0.2, -0.15) is 13.2 Å². The molecule has 0 heterocycles. The third-order valence-corrected chi connectivity index (χ3v) is 2.57. The Morgan fingerprint density at radius 3 is 2.47 bits per heavy atom. The fourth-order valence-electron chi connectivity index (χ4n) is 1.42. The Kier molecular flexibility index (Phi) is 4.94. The van der Waals surface area contributed by atoms with Crippen LogP contribution in [0, 0.1) is 5.82 Å². The summed E-state index contributed by atoms with van der Waals surface area (Å²) in [5.41, 5.74) is 0.603. The van der Waals surface area contributed by atoms with E-state index in [4.69, 9.17) is 0 Å². The van der Waals surface area contributed by atoms with Crippen molar-refractivity contribution in [2.45, 2.75) is 32.1 Å². The van der Waals surface area contributed by atoms with E-state index in [1.54, 1.807) is 6.07 Å². The number of benzene rings is 1. The molecule has 0 aromatic heterocycles. The fraction of sp³-hybridized carbons (Fsp3) is 0.455. The molecule has 0 aliphatic heterocycles. The van der Waals surface area contributed by atoms with E-state index in [1.165, 1.54) is 19.1 Å². The van der Waals surface area contributed by atoms with E-state index in [1.807, 2.05) is 0 Å². The van der Waals surface area contributed by atoms with Gasteiger partial charge in [-0.15, -0.1) is 0 Å². The molecule has 0 aliphatic rings. The van der Waals surface area contributed by atoms with Crippen molar-refractivity contribution in [3.63, 3.8) is 0 Å². The predicted octanol–water partition coefficient (Wildman–Crippen LogP) is 4.02. The van der Waals surface area contributed by atoms with Crippen molar-refractivity contribution in [2.24, 2.45) is 0 Å². The van der Waals surface area contributed by atoms with E-state index in [-0.39, 0.29) is 6.54 Å². The van der Waals surface area contributed by atoms with Crippen LogP contribution in [0.1, 0.15) is 18.9 Å². The highest BCUT2D eigenvalue weighted by Gasteiger charge is 2.29. The van der Waals surface area contributed by atoms with Gasteiger partial charge in [0, 0.05) is 17.1 Å². The zero-order chi connectivity index (χ0) is 13.1. The van der Waals surface area contributed by atoms with Gasteiger partial charge in [-0.05, 0) is 30.7 Å². The second kappa shape index (κ2) is 5.82. The summed E-state index contributed by atoms with van der Waals surface area (Å²) in [5, 5.41) is 2.70. The molecule has 17 heavy (non-hydrogen) atoms. The number of hydrogen-bond acceptors (Lipinski definition) is 1. The molecule has 1 rings (SSSR count). The minimum atomic E-state index is -4.19. The summed E-state index contributed by atoms with van der Waals surface area (Å²) in [6.45, 7) is 1.65. The average molecular weight is 314 g/mol. The SMILES string of the molecule is CC(CC(F)(F)F)NCc1cc(F)cc(Br)c1. The van der Waals surface area contributed by atoms with E-state index >= 15 is 0 Å². The first kappa shape index (κ1) is 14.4. The molecule has 1 nitrogen and oxygen atoms in total. The van der Waals surface area contributed by atoms with Crippen LogP contribution >= 0.6 is 15.9 Å². The van der Waals surface area contributed by atoms with Crippen molar-refractivity contribution in [3.8, 4) is 0 Å². The molecule has 0 spiro atoms. The second-order valence-electron chi connectivity index (χ2n) is 3.88. The lowest BCUT2D eigenvalue weighted by atomic mass is 10.2. The van der Waals surface area contributed by atoms with Crippen LogP contribution in [0.2, 0.25) is 0 Å². The van der Waals surface area contributed by atoms with Crippen molar-refractivity contribution in [3.05, 3.63) is 34.1 Å². The standard InChI is InChI=1S/C11H12BrF4N/c1-7(5-11(14,15)16)17-6-8-2-9(12)4-10(13)3-8/h2-4,7,17H,5-6H2,1H3. The molecule has 1 atom stereocenters. The summed E-state index contributed by atoms with van der Waals surface area (Å²) in [4.78, 5) is 0. The highest BCUT2D eigenvalue weighted by molar-refractivity contribution is 9.10. The molecule has 0 fully saturated rings. The molecule has 1 aromatic carbocycles. The van der Waals surface area contributed by atoms with Crippen molar-refractivity contribution in [1.29, 1.82) is 0 Å². The van der Waals surface area contributed by atoms with Crippen LogP contribution in [-0.4, -0.2) is 12.2 Å². The Morgan fingerprint density at radius 2 is 1.94 bits per heavy atom. The van der Waals surface area contributed by atoms with Gasteiger partial charge >= 0.3 is 6.18 Å². The molecule has 1 N–H and O–H groups in total. The molecule has 96 valence electrons. The Bertz CT molecular complexity index is 358. The minimum Gasteiger partial charge on any atom is -0.310 e. The van der Waals surface area contributed by atoms with Crippen LogP contribution in [0.4, 0.5) is 17.6 Å². The van der Waals surface area contributed by atoms with Crippen LogP contribution in [0.15, 0.2) is 22.7 Å². The maximum absolute atomic E-state index is 13.0. The lowest BCUT2D eigenvalue weighted by molar-refractivity contribution is -0.139. The predicted molar refractivity (Wildman–Crippen MR) is 61.1 cm³/mol. The van der Waals surface area contributed by atoms with Gasteiger partial charge in [-0.25, -0.2) is 4.39 Å². The molecule has 0 amide bonds. The van der Waals surface area contributed by atoms with Gasteiger partial charge in [0.1, 0.15) is 5.82 Å². The first-order valence-electron chi connectivity index (χ1n) is 5.01. The zero-order valence-corrected chi connectivity index (χ0v) is 10.7. The van der Waals surface area contributed by atoms with E-state index < -0.39 is 24.5 Å². The number of halogens is 5. The Morgan fingerprint density at radius 1 is 1.29 bits per heavy atom. The van der Waals surface area contributed by atoms with Crippen LogP contribution in [0.5, 0.6) is 0 Å². The summed E-state index contributed by atoms with van der Waals surface area (Å²) < 4.78 is 49.7. The van der Waals surface area contributed by atoms with Crippen molar-refractivity contribution in [2.75, 3.05) is 0 Å². The quantitative estimate of drug-likeness (QED) is 0.828. The van der Waals surface area contributed by atoms with Crippen molar-refractivity contribution < 1.29 is 17.6 Å². The molecule has 6 heteroatoms. The monoisotopic (exact) mass is 313 g/mol. The molecule has 0 bridgehead atoms. The van der Waals surface area contributed by atoms with E-state index in [0.29, 0.717) is 10.0 Å². The first-order valence-corrected chi connectivity index (χ1v) is 5.80. The Hall–Kier alpha value is -0.620. The first-order chi connectivity index (χ1) is 7.76. The van der Waals surface area contributed by atoms with Crippen LogP contribution in [-0.2, 0) is 6.54 Å². The van der Waals surface area contributed by atoms with Gasteiger partial charge in [-0.3, -0.25) is 0 Å². The maximum Gasteiger partial charge on any atom is 0.390 e. The summed E-state index contributed by atoms with van der Waals surface area (Å²) in [7, 11) is 0. The molecule has 1 aromatic rings. The zero-order valence-electron chi connectivity index (χ0n) is 9.11. The van der Waals surface area contributed by atoms with Gasteiger partial charge in [0.2, 0.25) is 0 Å². The normalized spacial score (nSPS) is 13.8.